The number of ether oxygens (including phenoxy) is 1. The molecule has 3 N–H and O–H groups in total. The molecular formula is C13H15N3O. The zero-order valence-corrected chi connectivity index (χ0v) is 9.47. The van der Waals surface area contributed by atoms with Crippen molar-refractivity contribution >= 4 is 11.5 Å². The Hall–Kier alpha value is -2.07. The molecule has 4 nitrogen and oxygen atoms in total. The van der Waals surface area contributed by atoms with Crippen molar-refractivity contribution in [3.63, 3.8) is 0 Å². The maximum absolute atomic E-state index is 5.45. The van der Waals surface area contributed by atoms with E-state index in [1.54, 1.807) is 6.20 Å². The summed E-state index contributed by atoms with van der Waals surface area (Å²) < 4.78 is 5.45. The molecule has 2 rings (SSSR count). The second kappa shape index (κ2) is 5.86. The summed E-state index contributed by atoms with van der Waals surface area (Å²) in [7, 11) is 0. The summed E-state index contributed by atoms with van der Waals surface area (Å²) in [4.78, 5) is 4.19. The van der Waals surface area contributed by atoms with Crippen LogP contribution in [0.15, 0.2) is 48.7 Å². The first kappa shape index (κ1) is 11.4. The first-order chi connectivity index (χ1) is 8.38. The van der Waals surface area contributed by atoms with Crippen LogP contribution in [0.1, 0.15) is 0 Å². The Balaban J connectivity index is 2.06. The average Bonchev–Trinajstić information content (AvgIpc) is 2.38. The van der Waals surface area contributed by atoms with E-state index in [1.165, 1.54) is 0 Å². The molecule has 4 heteroatoms. The fourth-order valence-corrected chi connectivity index (χ4v) is 1.42. The van der Waals surface area contributed by atoms with Crippen LogP contribution in [0.5, 0.6) is 5.75 Å². The molecule has 0 saturated heterocycles. The summed E-state index contributed by atoms with van der Waals surface area (Å²) >= 11 is 0. The van der Waals surface area contributed by atoms with Crippen molar-refractivity contribution in [3.05, 3.63) is 48.7 Å². The number of aromatic nitrogens is 1. The number of pyridine rings is 1. The summed E-state index contributed by atoms with van der Waals surface area (Å²) in [6.07, 6.45) is 1.75. The summed E-state index contributed by atoms with van der Waals surface area (Å²) in [6, 6.07) is 13.4. The number of nitrogens with zero attached hydrogens (tertiary/aromatic N) is 1. The normalized spacial score (nSPS) is 9.94. The Labute approximate surface area is 100 Å². The van der Waals surface area contributed by atoms with Gasteiger partial charge in [-0.25, -0.2) is 4.98 Å². The van der Waals surface area contributed by atoms with Crippen LogP contribution in [-0.2, 0) is 0 Å². The van der Waals surface area contributed by atoms with E-state index in [1.807, 2.05) is 42.5 Å². The summed E-state index contributed by atoms with van der Waals surface area (Å²) in [5.41, 5.74) is 6.33. The third-order valence-electron chi connectivity index (χ3n) is 2.16. The van der Waals surface area contributed by atoms with Gasteiger partial charge < -0.3 is 15.8 Å². The van der Waals surface area contributed by atoms with Crippen molar-refractivity contribution in [2.24, 2.45) is 5.73 Å². The summed E-state index contributed by atoms with van der Waals surface area (Å²) in [6.45, 7) is 1.03. The highest BCUT2D eigenvalue weighted by Crippen LogP contribution is 2.20. The number of hydrogen-bond acceptors (Lipinski definition) is 4. The third-order valence-corrected chi connectivity index (χ3v) is 2.16. The molecular weight excluding hydrogens is 214 g/mol. The lowest BCUT2D eigenvalue weighted by Crippen LogP contribution is -2.10. The molecule has 0 aliphatic heterocycles. The van der Waals surface area contributed by atoms with Gasteiger partial charge in [-0.2, -0.15) is 0 Å². The van der Waals surface area contributed by atoms with Crippen molar-refractivity contribution in [2.45, 2.75) is 0 Å². The molecule has 0 atom stereocenters. The van der Waals surface area contributed by atoms with Crippen LogP contribution < -0.4 is 15.8 Å². The fraction of sp³-hybridized carbons (Fsp3) is 0.154. The number of anilines is 2. The number of nitrogens with two attached hydrogens (primary N) is 1. The van der Waals surface area contributed by atoms with Gasteiger partial charge in [0.05, 0.1) is 0 Å². The van der Waals surface area contributed by atoms with E-state index in [2.05, 4.69) is 10.3 Å². The zero-order chi connectivity index (χ0) is 11.9. The van der Waals surface area contributed by atoms with Gasteiger partial charge in [0.1, 0.15) is 18.2 Å². The van der Waals surface area contributed by atoms with Crippen LogP contribution in [0, 0.1) is 0 Å². The van der Waals surface area contributed by atoms with Crippen molar-refractivity contribution in [2.75, 3.05) is 18.5 Å². The molecule has 0 fully saturated rings. The van der Waals surface area contributed by atoms with Gasteiger partial charge in [-0.05, 0) is 24.3 Å². The predicted octanol–water partition coefficient (Wildman–Crippen LogP) is 2.16. The Bertz CT molecular complexity index is 459. The van der Waals surface area contributed by atoms with Crippen molar-refractivity contribution in [3.8, 4) is 5.75 Å². The first-order valence-corrected chi connectivity index (χ1v) is 5.49. The Morgan fingerprint density at radius 1 is 1.18 bits per heavy atom. The van der Waals surface area contributed by atoms with Gasteiger partial charge in [-0.3, -0.25) is 0 Å². The van der Waals surface area contributed by atoms with Crippen molar-refractivity contribution in [1.82, 2.24) is 4.98 Å². The lowest BCUT2D eigenvalue weighted by Gasteiger charge is -2.08. The van der Waals surface area contributed by atoms with Crippen LogP contribution in [0.3, 0.4) is 0 Å². The standard InChI is InChI=1S/C13H15N3O/c14-7-9-17-12-5-3-4-11(10-12)16-13-6-1-2-8-15-13/h1-6,8,10H,7,9,14H2,(H,15,16). The molecule has 2 aromatic rings. The molecule has 88 valence electrons. The lowest BCUT2D eigenvalue weighted by molar-refractivity contribution is 0.328. The van der Waals surface area contributed by atoms with E-state index in [9.17, 15) is 0 Å². The molecule has 1 heterocycles. The van der Waals surface area contributed by atoms with Gasteiger partial charge in [-0.15, -0.1) is 0 Å². The largest absolute Gasteiger partial charge is 0.492 e. The maximum atomic E-state index is 5.45. The number of benzene rings is 1. The molecule has 17 heavy (non-hydrogen) atoms. The lowest BCUT2D eigenvalue weighted by atomic mass is 10.3. The first-order valence-electron chi connectivity index (χ1n) is 5.49. The predicted molar refractivity (Wildman–Crippen MR) is 68.5 cm³/mol. The van der Waals surface area contributed by atoms with Gasteiger partial charge in [0, 0.05) is 24.5 Å². The van der Waals surface area contributed by atoms with Gasteiger partial charge in [0.15, 0.2) is 0 Å². The van der Waals surface area contributed by atoms with Crippen molar-refractivity contribution in [1.29, 1.82) is 0 Å². The highest BCUT2D eigenvalue weighted by Gasteiger charge is 1.97. The van der Waals surface area contributed by atoms with Crippen LogP contribution >= 0.6 is 0 Å². The summed E-state index contributed by atoms with van der Waals surface area (Å²) in [5, 5.41) is 3.20. The highest BCUT2D eigenvalue weighted by atomic mass is 16.5. The van der Waals surface area contributed by atoms with E-state index in [0.29, 0.717) is 13.2 Å². The Kier molecular flexibility index (Phi) is 3.94. The van der Waals surface area contributed by atoms with E-state index in [-0.39, 0.29) is 0 Å². The van der Waals surface area contributed by atoms with E-state index >= 15 is 0 Å². The third kappa shape index (κ3) is 3.46. The van der Waals surface area contributed by atoms with E-state index in [0.717, 1.165) is 17.3 Å². The van der Waals surface area contributed by atoms with Gasteiger partial charge in [0.2, 0.25) is 0 Å². The SMILES string of the molecule is NCCOc1cccc(Nc2ccccn2)c1. The van der Waals surface area contributed by atoms with Gasteiger partial charge in [0.25, 0.3) is 0 Å². The minimum absolute atomic E-state index is 0.512. The van der Waals surface area contributed by atoms with E-state index in [4.69, 9.17) is 10.5 Å². The molecule has 0 saturated carbocycles. The quantitative estimate of drug-likeness (QED) is 0.824. The van der Waals surface area contributed by atoms with Gasteiger partial charge >= 0.3 is 0 Å². The Morgan fingerprint density at radius 2 is 2.12 bits per heavy atom. The second-order valence-corrected chi connectivity index (χ2v) is 3.50. The number of hydrogen-bond donors (Lipinski definition) is 2. The average molecular weight is 229 g/mol. The highest BCUT2D eigenvalue weighted by molar-refractivity contribution is 5.57. The monoisotopic (exact) mass is 229 g/mol. The molecule has 1 aromatic heterocycles. The molecule has 0 aliphatic carbocycles. The molecule has 0 radical (unpaired) electrons. The van der Waals surface area contributed by atoms with Gasteiger partial charge in [-0.1, -0.05) is 12.1 Å². The number of nitrogens with one attached hydrogen (secondary N) is 1. The molecule has 0 aliphatic rings. The smallest absolute Gasteiger partial charge is 0.130 e. The molecule has 0 amide bonds. The molecule has 0 spiro atoms. The van der Waals surface area contributed by atoms with Crippen LogP contribution in [0.25, 0.3) is 0 Å². The van der Waals surface area contributed by atoms with E-state index < -0.39 is 0 Å². The Morgan fingerprint density at radius 3 is 2.88 bits per heavy atom. The van der Waals surface area contributed by atoms with Crippen molar-refractivity contribution < 1.29 is 4.74 Å². The minimum atomic E-state index is 0.512. The van der Waals surface area contributed by atoms with Crippen LogP contribution in [0.4, 0.5) is 11.5 Å². The summed E-state index contributed by atoms with van der Waals surface area (Å²) in [5.74, 6) is 1.61. The molecule has 0 bridgehead atoms. The zero-order valence-electron chi connectivity index (χ0n) is 9.47. The van der Waals surface area contributed by atoms with Crippen LogP contribution in [-0.4, -0.2) is 18.1 Å². The fourth-order valence-electron chi connectivity index (χ4n) is 1.42. The topological polar surface area (TPSA) is 60.2 Å². The minimum Gasteiger partial charge on any atom is -0.492 e. The molecule has 0 unspecified atom stereocenters. The maximum Gasteiger partial charge on any atom is 0.130 e. The molecule has 1 aromatic carbocycles. The second-order valence-electron chi connectivity index (χ2n) is 3.50. The van der Waals surface area contributed by atoms with Crippen LogP contribution in [0.2, 0.25) is 0 Å². The number of rotatable bonds is 5.